The number of hydrogen-bond acceptors (Lipinski definition) is 4. The monoisotopic (exact) mass is 312 g/mol. The molecule has 24 heavy (non-hydrogen) atoms. The number of benzene rings is 3. The van der Waals surface area contributed by atoms with Crippen molar-refractivity contribution < 1.29 is 9.47 Å². The van der Waals surface area contributed by atoms with Gasteiger partial charge in [-0.15, -0.1) is 0 Å². The Labute approximate surface area is 139 Å². The molecular formula is C20H12N2O2. The SMILES string of the molecule is N#Cc1c(Oc2ccccc2)ccc(Oc2ccccc2)c1C#N. The van der Waals surface area contributed by atoms with Gasteiger partial charge >= 0.3 is 0 Å². The zero-order chi connectivity index (χ0) is 16.8. The summed E-state index contributed by atoms with van der Waals surface area (Å²) in [6, 6.07) is 25.5. The normalized spacial score (nSPS) is 9.58. The van der Waals surface area contributed by atoms with E-state index in [1.54, 1.807) is 36.4 Å². The third kappa shape index (κ3) is 3.19. The van der Waals surface area contributed by atoms with Gasteiger partial charge in [0.05, 0.1) is 0 Å². The van der Waals surface area contributed by atoms with E-state index in [-0.39, 0.29) is 11.1 Å². The summed E-state index contributed by atoms with van der Waals surface area (Å²) < 4.78 is 11.4. The molecule has 4 nitrogen and oxygen atoms in total. The highest BCUT2D eigenvalue weighted by Crippen LogP contribution is 2.34. The molecule has 0 N–H and O–H groups in total. The van der Waals surface area contributed by atoms with Crippen molar-refractivity contribution in [1.82, 2.24) is 0 Å². The summed E-state index contributed by atoms with van der Waals surface area (Å²) in [4.78, 5) is 0. The molecule has 4 heteroatoms. The van der Waals surface area contributed by atoms with Gasteiger partial charge in [0.25, 0.3) is 0 Å². The standard InChI is InChI=1S/C20H12N2O2/c21-13-17-18(14-22)20(24-16-9-5-2-6-10-16)12-11-19(17)23-15-7-3-1-4-8-15/h1-12H. The van der Waals surface area contributed by atoms with Gasteiger partial charge < -0.3 is 9.47 Å². The maximum atomic E-state index is 9.46. The minimum Gasteiger partial charge on any atom is -0.456 e. The second kappa shape index (κ2) is 7.00. The van der Waals surface area contributed by atoms with E-state index in [1.807, 2.05) is 48.5 Å². The Morgan fingerprint density at radius 3 is 1.25 bits per heavy atom. The van der Waals surface area contributed by atoms with Crippen molar-refractivity contribution in [2.24, 2.45) is 0 Å². The van der Waals surface area contributed by atoms with E-state index in [1.165, 1.54) is 0 Å². The molecule has 0 aliphatic carbocycles. The molecule has 0 fully saturated rings. The van der Waals surface area contributed by atoms with Crippen molar-refractivity contribution in [1.29, 1.82) is 10.5 Å². The molecule has 0 bridgehead atoms. The van der Waals surface area contributed by atoms with Crippen LogP contribution in [0, 0.1) is 22.7 Å². The number of rotatable bonds is 4. The van der Waals surface area contributed by atoms with Crippen LogP contribution in [-0.4, -0.2) is 0 Å². The van der Waals surface area contributed by atoms with E-state index >= 15 is 0 Å². The van der Waals surface area contributed by atoms with Gasteiger partial charge in [-0.2, -0.15) is 10.5 Å². The summed E-state index contributed by atoms with van der Waals surface area (Å²) in [7, 11) is 0. The lowest BCUT2D eigenvalue weighted by molar-refractivity contribution is 0.466. The molecule has 3 rings (SSSR count). The largest absolute Gasteiger partial charge is 0.456 e. The van der Waals surface area contributed by atoms with Gasteiger partial charge in [0.2, 0.25) is 0 Å². The average Bonchev–Trinajstić information content (AvgIpc) is 2.64. The first-order valence-corrected chi connectivity index (χ1v) is 7.25. The zero-order valence-electron chi connectivity index (χ0n) is 12.6. The molecule has 0 unspecified atom stereocenters. The third-order valence-corrected chi connectivity index (χ3v) is 3.29. The maximum absolute atomic E-state index is 9.46. The minimum atomic E-state index is 0.148. The Bertz CT molecular complexity index is 845. The molecule has 0 spiro atoms. The van der Waals surface area contributed by atoms with Gasteiger partial charge in [0.1, 0.15) is 46.3 Å². The van der Waals surface area contributed by atoms with Crippen LogP contribution in [0.3, 0.4) is 0 Å². The summed E-state index contributed by atoms with van der Waals surface area (Å²) in [5.41, 5.74) is 0.296. The van der Waals surface area contributed by atoms with Crippen molar-refractivity contribution >= 4 is 0 Å². The Kier molecular flexibility index (Phi) is 4.42. The molecule has 3 aromatic rings. The van der Waals surface area contributed by atoms with E-state index < -0.39 is 0 Å². The molecule has 114 valence electrons. The number of nitrogens with zero attached hydrogens (tertiary/aromatic N) is 2. The minimum absolute atomic E-state index is 0.148. The van der Waals surface area contributed by atoms with E-state index in [0.717, 1.165) is 0 Å². The quantitative estimate of drug-likeness (QED) is 0.679. The van der Waals surface area contributed by atoms with E-state index in [4.69, 9.17) is 9.47 Å². The first kappa shape index (κ1) is 15.1. The van der Waals surface area contributed by atoms with Crippen molar-refractivity contribution in [2.45, 2.75) is 0 Å². The van der Waals surface area contributed by atoms with E-state index in [0.29, 0.717) is 23.0 Å². The Morgan fingerprint density at radius 2 is 0.917 bits per heavy atom. The van der Waals surface area contributed by atoms with Gasteiger partial charge in [0.15, 0.2) is 0 Å². The third-order valence-electron chi connectivity index (χ3n) is 3.29. The lowest BCUT2D eigenvalue weighted by Gasteiger charge is -2.12. The average molecular weight is 312 g/mol. The summed E-state index contributed by atoms with van der Waals surface area (Å²) in [5, 5.41) is 18.9. The molecule has 0 aliphatic heterocycles. The molecule has 0 saturated carbocycles. The number of hydrogen-bond donors (Lipinski definition) is 0. The molecular weight excluding hydrogens is 300 g/mol. The number of para-hydroxylation sites is 2. The summed E-state index contributed by atoms with van der Waals surface area (Å²) in [6.07, 6.45) is 0. The fraction of sp³-hybridized carbons (Fsp3) is 0. The van der Waals surface area contributed by atoms with Crippen LogP contribution in [0.2, 0.25) is 0 Å². The summed E-state index contributed by atoms with van der Waals surface area (Å²) in [6.45, 7) is 0. The van der Waals surface area contributed by atoms with Crippen molar-refractivity contribution in [3.8, 4) is 35.1 Å². The topological polar surface area (TPSA) is 66.0 Å². The fourth-order valence-corrected chi connectivity index (χ4v) is 2.19. The van der Waals surface area contributed by atoms with Crippen LogP contribution in [-0.2, 0) is 0 Å². The van der Waals surface area contributed by atoms with Crippen LogP contribution in [0.4, 0.5) is 0 Å². The van der Waals surface area contributed by atoms with Gasteiger partial charge in [-0.05, 0) is 36.4 Å². The summed E-state index contributed by atoms with van der Waals surface area (Å²) in [5.74, 6) is 1.82. The second-order valence-corrected chi connectivity index (χ2v) is 4.87. The highest BCUT2D eigenvalue weighted by atomic mass is 16.5. The van der Waals surface area contributed by atoms with Crippen molar-refractivity contribution in [3.05, 3.63) is 83.9 Å². The smallest absolute Gasteiger partial charge is 0.146 e. The predicted octanol–water partition coefficient (Wildman–Crippen LogP) is 5.01. The van der Waals surface area contributed by atoms with Gasteiger partial charge in [-0.1, -0.05) is 36.4 Å². The maximum Gasteiger partial charge on any atom is 0.146 e. The molecule has 0 radical (unpaired) electrons. The Hall–Kier alpha value is -3.76. The molecule has 0 atom stereocenters. The molecule has 0 heterocycles. The molecule has 3 aromatic carbocycles. The lowest BCUT2D eigenvalue weighted by Crippen LogP contribution is -1.95. The molecule has 0 amide bonds. The van der Waals surface area contributed by atoms with Crippen LogP contribution in [0.5, 0.6) is 23.0 Å². The molecule has 0 saturated heterocycles. The fourth-order valence-electron chi connectivity index (χ4n) is 2.19. The zero-order valence-corrected chi connectivity index (χ0v) is 12.6. The van der Waals surface area contributed by atoms with Crippen molar-refractivity contribution in [3.63, 3.8) is 0 Å². The highest BCUT2D eigenvalue weighted by molar-refractivity contribution is 5.61. The first-order valence-electron chi connectivity index (χ1n) is 7.25. The molecule has 0 aliphatic rings. The number of ether oxygens (including phenoxy) is 2. The summed E-state index contributed by atoms with van der Waals surface area (Å²) >= 11 is 0. The van der Waals surface area contributed by atoms with Crippen LogP contribution >= 0.6 is 0 Å². The lowest BCUT2D eigenvalue weighted by atomic mass is 10.1. The van der Waals surface area contributed by atoms with Crippen LogP contribution < -0.4 is 9.47 Å². The van der Waals surface area contributed by atoms with Crippen molar-refractivity contribution in [2.75, 3.05) is 0 Å². The van der Waals surface area contributed by atoms with Crippen LogP contribution in [0.25, 0.3) is 0 Å². The van der Waals surface area contributed by atoms with Gasteiger partial charge in [-0.3, -0.25) is 0 Å². The Balaban J connectivity index is 1.99. The van der Waals surface area contributed by atoms with E-state index in [2.05, 4.69) is 0 Å². The van der Waals surface area contributed by atoms with Crippen LogP contribution in [0.1, 0.15) is 11.1 Å². The molecule has 0 aromatic heterocycles. The van der Waals surface area contributed by atoms with E-state index in [9.17, 15) is 10.5 Å². The Morgan fingerprint density at radius 1 is 0.542 bits per heavy atom. The van der Waals surface area contributed by atoms with Gasteiger partial charge in [0, 0.05) is 0 Å². The second-order valence-electron chi connectivity index (χ2n) is 4.87. The first-order chi connectivity index (χ1) is 11.8. The number of nitriles is 2. The van der Waals surface area contributed by atoms with Crippen LogP contribution in [0.15, 0.2) is 72.8 Å². The predicted molar refractivity (Wildman–Crippen MR) is 88.9 cm³/mol. The van der Waals surface area contributed by atoms with Gasteiger partial charge in [-0.25, -0.2) is 0 Å². The highest BCUT2D eigenvalue weighted by Gasteiger charge is 2.16.